The average molecular weight is 286 g/mol. The van der Waals surface area contributed by atoms with E-state index in [1.807, 2.05) is 50.2 Å². The molecule has 0 unspecified atom stereocenters. The fourth-order valence-corrected chi connectivity index (χ4v) is 1.87. The van der Waals surface area contributed by atoms with Crippen LogP contribution in [0.15, 0.2) is 24.3 Å². The highest BCUT2D eigenvalue weighted by atomic mass is 16.5. The fraction of sp³-hybridized carbons (Fsp3) is 0.375. The third-order valence-electron chi connectivity index (χ3n) is 3.09. The lowest BCUT2D eigenvalue weighted by Gasteiger charge is -2.16. The van der Waals surface area contributed by atoms with E-state index in [4.69, 9.17) is 10.5 Å². The quantitative estimate of drug-likeness (QED) is 0.873. The van der Waals surface area contributed by atoms with E-state index in [1.54, 1.807) is 0 Å². The zero-order chi connectivity index (χ0) is 15.6. The highest BCUT2D eigenvalue weighted by Gasteiger charge is 2.10. The first-order chi connectivity index (χ1) is 9.86. The molecule has 1 aromatic heterocycles. The molecule has 1 heterocycles. The van der Waals surface area contributed by atoms with Crippen LogP contribution >= 0.6 is 0 Å². The third kappa shape index (κ3) is 3.62. The number of hydrogen-bond acceptors (Lipinski definition) is 5. The van der Waals surface area contributed by atoms with Gasteiger partial charge >= 0.3 is 0 Å². The van der Waals surface area contributed by atoms with E-state index in [9.17, 15) is 0 Å². The highest BCUT2D eigenvalue weighted by Crippen LogP contribution is 2.31. The molecule has 5 nitrogen and oxygen atoms in total. The summed E-state index contributed by atoms with van der Waals surface area (Å²) in [6.45, 7) is 6.04. The minimum atomic E-state index is 0.248. The van der Waals surface area contributed by atoms with Crippen LogP contribution in [0.2, 0.25) is 0 Å². The van der Waals surface area contributed by atoms with Crippen LogP contribution in [0.4, 0.5) is 11.4 Å². The fourth-order valence-electron chi connectivity index (χ4n) is 1.87. The van der Waals surface area contributed by atoms with Gasteiger partial charge < -0.3 is 15.4 Å². The monoisotopic (exact) mass is 286 g/mol. The molecular formula is C16H22N4O. The Kier molecular flexibility index (Phi) is 4.31. The van der Waals surface area contributed by atoms with Crippen molar-refractivity contribution in [2.75, 3.05) is 24.7 Å². The predicted molar refractivity (Wildman–Crippen MR) is 86.1 cm³/mol. The number of anilines is 2. The molecule has 2 N–H and O–H groups in total. The lowest BCUT2D eigenvalue weighted by Crippen LogP contribution is -2.09. The van der Waals surface area contributed by atoms with Gasteiger partial charge in [0, 0.05) is 43.5 Å². The number of nitrogen functional groups attached to an aromatic ring is 1. The summed E-state index contributed by atoms with van der Waals surface area (Å²) < 4.78 is 5.87. The van der Waals surface area contributed by atoms with Gasteiger partial charge in [0.2, 0.25) is 5.88 Å². The van der Waals surface area contributed by atoms with E-state index in [1.165, 1.54) is 0 Å². The highest BCUT2D eigenvalue weighted by molar-refractivity contribution is 5.62. The molecule has 0 saturated carbocycles. The van der Waals surface area contributed by atoms with E-state index in [0.717, 1.165) is 17.2 Å². The average Bonchev–Trinajstić information content (AvgIpc) is 2.40. The number of rotatable bonds is 4. The first-order valence-corrected chi connectivity index (χ1v) is 6.97. The van der Waals surface area contributed by atoms with Crippen molar-refractivity contribution in [1.29, 1.82) is 0 Å². The van der Waals surface area contributed by atoms with Crippen molar-refractivity contribution >= 4 is 11.4 Å². The molecule has 21 heavy (non-hydrogen) atoms. The first-order valence-electron chi connectivity index (χ1n) is 6.97. The van der Waals surface area contributed by atoms with Crippen molar-refractivity contribution < 1.29 is 4.74 Å². The molecule has 2 aromatic rings. The van der Waals surface area contributed by atoms with Crippen LogP contribution in [0.5, 0.6) is 11.6 Å². The van der Waals surface area contributed by atoms with Crippen LogP contribution in [0, 0.1) is 6.92 Å². The number of nitrogens with zero attached hydrogens (tertiary/aromatic N) is 3. The minimum absolute atomic E-state index is 0.248. The predicted octanol–water partition coefficient (Wildman–Crippen LogP) is 3.35. The topological polar surface area (TPSA) is 64.3 Å². The molecule has 0 radical (unpaired) electrons. The SMILES string of the molecule is Cc1cc(Oc2cc(N(C)C)ccc2N)nc(C(C)C)n1. The Balaban J connectivity index is 2.35. The lowest BCUT2D eigenvalue weighted by molar-refractivity contribution is 0.458. The summed E-state index contributed by atoms with van der Waals surface area (Å²) in [4.78, 5) is 10.9. The van der Waals surface area contributed by atoms with Crippen LogP contribution in [-0.2, 0) is 0 Å². The standard InChI is InChI=1S/C16H22N4O/c1-10(2)16-18-11(3)8-15(19-16)21-14-9-12(20(4)5)6-7-13(14)17/h6-10H,17H2,1-5H3. The van der Waals surface area contributed by atoms with Gasteiger partial charge in [0.15, 0.2) is 5.75 Å². The van der Waals surface area contributed by atoms with Crippen molar-refractivity contribution in [3.05, 3.63) is 35.8 Å². The van der Waals surface area contributed by atoms with Crippen molar-refractivity contribution in [1.82, 2.24) is 9.97 Å². The molecule has 0 atom stereocenters. The maximum atomic E-state index is 5.99. The number of benzene rings is 1. The van der Waals surface area contributed by atoms with Crippen LogP contribution in [-0.4, -0.2) is 24.1 Å². The molecule has 0 bridgehead atoms. The molecule has 2 rings (SSSR count). The van der Waals surface area contributed by atoms with E-state index >= 15 is 0 Å². The maximum absolute atomic E-state index is 5.99. The largest absolute Gasteiger partial charge is 0.437 e. The van der Waals surface area contributed by atoms with Crippen molar-refractivity contribution in [2.45, 2.75) is 26.7 Å². The first kappa shape index (κ1) is 15.1. The summed E-state index contributed by atoms with van der Waals surface area (Å²) in [6.07, 6.45) is 0. The molecule has 0 aliphatic rings. The number of aryl methyl sites for hydroxylation is 1. The normalized spacial score (nSPS) is 10.8. The second kappa shape index (κ2) is 5.99. The molecular weight excluding hydrogens is 264 g/mol. The molecule has 112 valence electrons. The van der Waals surface area contributed by atoms with Gasteiger partial charge in [-0.25, -0.2) is 4.98 Å². The van der Waals surface area contributed by atoms with E-state index in [-0.39, 0.29) is 5.92 Å². The summed E-state index contributed by atoms with van der Waals surface area (Å²) >= 11 is 0. The number of aromatic nitrogens is 2. The Morgan fingerprint density at radius 2 is 1.86 bits per heavy atom. The second-order valence-electron chi connectivity index (χ2n) is 5.58. The van der Waals surface area contributed by atoms with Gasteiger partial charge in [-0.2, -0.15) is 4.98 Å². The Labute approximate surface area is 125 Å². The number of hydrogen-bond donors (Lipinski definition) is 1. The van der Waals surface area contributed by atoms with Crippen LogP contribution in [0.25, 0.3) is 0 Å². The van der Waals surface area contributed by atoms with Gasteiger partial charge in [-0.1, -0.05) is 13.8 Å². The van der Waals surface area contributed by atoms with Crippen molar-refractivity contribution in [3.63, 3.8) is 0 Å². The molecule has 0 spiro atoms. The van der Waals surface area contributed by atoms with Gasteiger partial charge in [-0.05, 0) is 19.1 Å². The zero-order valence-electron chi connectivity index (χ0n) is 13.2. The van der Waals surface area contributed by atoms with Crippen LogP contribution in [0.1, 0.15) is 31.3 Å². The van der Waals surface area contributed by atoms with Crippen LogP contribution < -0.4 is 15.4 Å². The summed E-state index contributed by atoms with van der Waals surface area (Å²) in [5, 5.41) is 0. The molecule has 0 fully saturated rings. The second-order valence-corrected chi connectivity index (χ2v) is 5.58. The summed E-state index contributed by atoms with van der Waals surface area (Å²) in [5.41, 5.74) is 8.48. The molecule has 0 aliphatic heterocycles. The molecule has 0 saturated heterocycles. The number of nitrogens with two attached hydrogens (primary N) is 1. The van der Waals surface area contributed by atoms with E-state index < -0.39 is 0 Å². The van der Waals surface area contributed by atoms with E-state index in [0.29, 0.717) is 17.3 Å². The molecule has 0 amide bonds. The van der Waals surface area contributed by atoms with Gasteiger partial charge in [0.25, 0.3) is 0 Å². The third-order valence-corrected chi connectivity index (χ3v) is 3.09. The molecule has 1 aromatic carbocycles. The summed E-state index contributed by atoms with van der Waals surface area (Å²) in [6, 6.07) is 7.50. The summed E-state index contributed by atoms with van der Waals surface area (Å²) in [5.74, 6) is 2.15. The van der Waals surface area contributed by atoms with Crippen molar-refractivity contribution in [2.24, 2.45) is 0 Å². The number of ether oxygens (including phenoxy) is 1. The maximum Gasteiger partial charge on any atom is 0.222 e. The van der Waals surface area contributed by atoms with E-state index in [2.05, 4.69) is 23.8 Å². The van der Waals surface area contributed by atoms with Gasteiger partial charge in [-0.3, -0.25) is 0 Å². The van der Waals surface area contributed by atoms with Gasteiger partial charge in [0.1, 0.15) is 5.82 Å². The van der Waals surface area contributed by atoms with Gasteiger partial charge in [0.05, 0.1) is 5.69 Å². The Hall–Kier alpha value is -2.30. The van der Waals surface area contributed by atoms with Crippen LogP contribution in [0.3, 0.4) is 0 Å². The minimum Gasteiger partial charge on any atom is -0.437 e. The molecule has 0 aliphatic carbocycles. The zero-order valence-corrected chi connectivity index (χ0v) is 13.2. The Morgan fingerprint density at radius 3 is 2.48 bits per heavy atom. The lowest BCUT2D eigenvalue weighted by atomic mass is 10.2. The van der Waals surface area contributed by atoms with Crippen molar-refractivity contribution in [3.8, 4) is 11.6 Å². The van der Waals surface area contributed by atoms with Gasteiger partial charge in [-0.15, -0.1) is 0 Å². The molecule has 5 heteroatoms. The Bertz CT molecular complexity index is 638. The summed E-state index contributed by atoms with van der Waals surface area (Å²) in [7, 11) is 3.95. The smallest absolute Gasteiger partial charge is 0.222 e. The Morgan fingerprint density at radius 1 is 1.14 bits per heavy atom.